The van der Waals surface area contributed by atoms with Gasteiger partial charge in [-0.3, -0.25) is 4.79 Å². The van der Waals surface area contributed by atoms with Gasteiger partial charge >= 0.3 is 0 Å². The monoisotopic (exact) mass is 292 g/mol. The van der Waals surface area contributed by atoms with Crippen molar-refractivity contribution >= 4 is 17.4 Å². The average molecular weight is 292 g/mol. The van der Waals surface area contributed by atoms with E-state index in [-0.39, 0.29) is 11.3 Å². The third kappa shape index (κ3) is 4.15. The van der Waals surface area contributed by atoms with Crippen LogP contribution >= 0.6 is 0 Å². The number of ether oxygens (including phenoxy) is 1. The zero-order valence-corrected chi connectivity index (χ0v) is 12.9. The maximum atomic E-state index is 12.1. The fourth-order valence-electron chi connectivity index (χ4n) is 2.05. The summed E-state index contributed by atoms with van der Waals surface area (Å²) < 4.78 is 5.32. The Labute approximate surface area is 125 Å². The Hall–Kier alpha value is -1.66. The summed E-state index contributed by atoms with van der Waals surface area (Å²) in [5, 5.41) is 2.81. The first-order valence-electron chi connectivity index (χ1n) is 7.23. The summed E-state index contributed by atoms with van der Waals surface area (Å²) in [6.07, 6.45) is 1.66. The van der Waals surface area contributed by atoms with Gasteiger partial charge in [0.2, 0.25) is 5.91 Å². The van der Waals surface area contributed by atoms with Crippen molar-refractivity contribution in [1.82, 2.24) is 4.98 Å². The second-order valence-corrected chi connectivity index (χ2v) is 6.34. The first-order valence-corrected chi connectivity index (χ1v) is 7.23. The minimum atomic E-state index is -0.559. The van der Waals surface area contributed by atoms with Gasteiger partial charge in [0.05, 0.1) is 31.1 Å². The Morgan fingerprint density at radius 3 is 2.57 bits per heavy atom. The van der Waals surface area contributed by atoms with Gasteiger partial charge in [-0.25, -0.2) is 4.98 Å². The standard InChI is InChI=1S/C15H24N4O2/c1-15(2,3)13(16)14(20)18-11-4-5-12(17-10-11)19-6-8-21-9-7-19/h4-5,10,13H,6-9,16H2,1-3H3,(H,18,20)/t13-/m1/s1. The molecule has 0 aromatic carbocycles. The number of nitrogens with one attached hydrogen (secondary N) is 1. The van der Waals surface area contributed by atoms with Crippen LogP contribution in [0.5, 0.6) is 0 Å². The normalized spacial score (nSPS) is 17.4. The second kappa shape index (κ2) is 6.41. The smallest absolute Gasteiger partial charge is 0.241 e. The Morgan fingerprint density at radius 2 is 2.05 bits per heavy atom. The van der Waals surface area contributed by atoms with Crippen LogP contribution in [0, 0.1) is 5.41 Å². The van der Waals surface area contributed by atoms with E-state index in [9.17, 15) is 4.79 Å². The van der Waals surface area contributed by atoms with Crippen LogP contribution < -0.4 is 16.0 Å². The summed E-state index contributed by atoms with van der Waals surface area (Å²) >= 11 is 0. The van der Waals surface area contributed by atoms with Crippen molar-refractivity contribution in [2.45, 2.75) is 26.8 Å². The molecule has 3 N–H and O–H groups in total. The molecule has 0 bridgehead atoms. The molecular formula is C15H24N4O2. The van der Waals surface area contributed by atoms with Gasteiger partial charge in [0.15, 0.2) is 0 Å². The molecular weight excluding hydrogens is 268 g/mol. The van der Waals surface area contributed by atoms with Crippen molar-refractivity contribution < 1.29 is 9.53 Å². The van der Waals surface area contributed by atoms with Gasteiger partial charge in [-0.2, -0.15) is 0 Å². The van der Waals surface area contributed by atoms with Gasteiger partial charge in [-0.05, 0) is 17.5 Å². The molecule has 21 heavy (non-hydrogen) atoms. The van der Waals surface area contributed by atoms with E-state index in [4.69, 9.17) is 10.5 Å². The number of carbonyl (C=O) groups is 1. The van der Waals surface area contributed by atoms with Crippen LogP contribution in [0.1, 0.15) is 20.8 Å². The van der Waals surface area contributed by atoms with Crippen LogP contribution in [-0.2, 0) is 9.53 Å². The average Bonchev–Trinajstić information content (AvgIpc) is 2.47. The fourth-order valence-corrected chi connectivity index (χ4v) is 2.05. The summed E-state index contributed by atoms with van der Waals surface area (Å²) in [7, 11) is 0. The molecule has 1 aliphatic heterocycles. The van der Waals surface area contributed by atoms with Crippen molar-refractivity contribution in [3.05, 3.63) is 18.3 Å². The lowest BCUT2D eigenvalue weighted by Crippen LogP contribution is -2.45. The van der Waals surface area contributed by atoms with E-state index in [2.05, 4.69) is 15.2 Å². The topological polar surface area (TPSA) is 80.5 Å². The van der Waals surface area contributed by atoms with E-state index in [1.165, 1.54) is 0 Å². The van der Waals surface area contributed by atoms with Gasteiger partial charge in [-0.1, -0.05) is 20.8 Å². The SMILES string of the molecule is CC(C)(C)[C@H](N)C(=O)Nc1ccc(N2CCOCC2)nc1. The molecule has 0 aliphatic carbocycles. The molecule has 1 atom stereocenters. The van der Waals surface area contributed by atoms with Crippen molar-refractivity contribution in [3.63, 3.8) is 0 Å². The summed E-state index contributed by atoms with van der Waals surface area (Å²) in [6, 6.07) is 3.20. The number of rotatable bonds is 3. The van der Waals surface area contributed by atoms with Crippen LogP contribution in [-0.4, -0.2) is 43.2 Å². The molecule has 0 spiro atoms. The Balaban J connectivity index is 1.97. The second-order valence-electron chi connectivity index (χ2n) is 6.34. The number of nitrogens with two attached hydrogens (primary N) is 1. The van der Waals surface area contributed by atoms with Crippen molar-refractivity contribution in [3.8, 4) is 0 Å². The highest BCUT2D eigenvalue weighted by atomic mass is 16.5. The molecule has 2 rings (SSSR count). The summed E-state index contributed by atoms with van der Waals surface area (Å²) in [4.78, 5) is 18.6. The lowest BCUT2D eigenvalue weighted by Gasteiger charge is -2.28. The van der Waals surface area contributed by atoms with E-state index < -0.39 is 6.04 Å². The lowest BCUT2D eigenvalue weighted by molar-refractivity contribution is -0.119. The minimum absolute atomic E-state index is 0.191. The zero-order valence-electron chi connectivity index (χ0n) is 12.9. The fraction of sp³-hybridized carbons (Fsp3) is 0.600. The number of hydrogen-bond donors (Lipinski definition) is 2. The molecule has 0 saturated carbocycles. The molecule has 0 radical (unpaired) electrons. The maximum Gasteiger partial charge on any atom is 0.241 e. The van der Waals surface area contributed by atoms with Crippen LogP contribution in [0.4, 0.5) is 11.5 Å². The van der Waals surface area contributed by atoms with E-state index in [1.807, 2.05) is 32.9 Å². The first-order chi connectivity index (χ1) is 9.88. The van der Waals surface area contributed by atoms with E-state index in [0.717, 1.165) is 32.1 Å². The van der Waals surface area contributed by atoms with Crippen LogP contribution in [0.3, 0.4) is 0 Å². The largest absolute Gasteiger partial charge is 0.378 e. The zero-order chi connectivity index (χ0) is 15.5. The molecule has 1 amide bonds. The third-order valence-corrected chi connectivity index (χ3v) is 3.57. The quantitative estimate of drug-likeness (QED) is 0.876. The predicted molar refractivity (Wildman–Crippen MR) is 83.3 cm³/mol. The number of nitrogens with zero attached hydrogens (tertiary/aromatic N) is 2. The molecule has 1 aromatic heterocycles. The van der Waals surface area contributed by atoms with Crippen molar-refractivity contribution in [1.29, 1.82) is 0 Å². The van der Waals surface area contributed by atoms with Crippen molar-refractivity contribution in [2.24, 2.45) is 11.1 Å². The molecule has 1 saturated heterocycles. The minimum Gasteiger partial charge on any atom is -0.378 e. The first kappa shape index (κ1) is 15.7. The Morgan fingerprint density at radius 1 is 1.38 bits per heavy atom. The maximum absolute atomic E-state index is 12.1. The molecule has 1 aromatic rings. The molecule has 2 heterocycles. The highest BCUT2D eigenvalue weighted by Gasteiger charge is 2.27. The number of amides is 1. The number of hydrogen-bond acceptors (Lipinski definition) is 5. The number of aromatic nitrogens is 1. The van der Waals surface area contributed by atoms with Gasteiger partial charge in [0, 0.05) is 13.1 Å². The molecule has 0 unspecified atom stereocenters. The number of carbonyl (C=O) groups excluding carboxylic acids is 1. The van der Waals surface area contributed by atoms with Crippen LogP contribution in [0.25, 0.3) is 0 Å². The molecule has 116 valence electrons. The number of anilines is 2. The van der Waals surface area contributed by atoms with Gasteiger partial charge in [0.25, 0.3) is 0 Å². The van der Waals surface area contributed by atoms with Gasteiger partial charge in [-0.15, -0.1) is 0 Å². The van der Waals surface area contributed by atoms with E-state index in [0.29, 0.717) is 5.69 Å². The summed E-state index contributed by atoms with van der Waals surface area (Å²) in [5.41, 5.74) is 6.33. The highest BCUT2D eigenvalue weighted by Crippen LogP contribution is 2.20. The van der Waals surface area contributed by atoms with Gasteiger partial charge in [0.1, 0.15) is 5.82 Å². The Kier molecular flexibility index (Phi) is 4.80. The van der Waals surface area contributed by atoms with Gasteiger partial charge < -0.3 is 20.7 Å². The molecule has 1 fully saturated rings. The number of pyridine rings is 1. The van der Waals surface area contributed by atoms with Crippen LogP contribution in [0.15, 0.2) is 18.3 Å². The van der Waals surface area contributed by atoms with Crippen LogP contribution in [0.2, 0.25) is 0 Å². The molecule has 6 heteroatoms. The number of morpholine rings is 1. The van der Waals surface area contributed by atoms with Crippen molar-refractivity contribution in [2.75, 3.05) is 36.5 Å². The van der Waals surface area contributed by atoms with E-state index >= 15 is 0 Å². The Bertz CT molecular complexity index is 475. The van der Waals surface area contributed by atoms with E-state index in [1.54, 1.807) is 6.20 Å². The summed E-state index contributed by atoms with van der Waals surface area (Å²) in [6.45, 7) is 8.95. The molecule has 6 nitrogen and oxygen atoms in total. The highest BCUT2D eigenvalue weighted by molar-refractivity contribution is 5.95. The molecule has 1 aliphatic rings. The predicted octanol–water partition coefficient (Wildman–Crippen LogP) is 1.23. The summed E-state index contributed by atoms with van der Waals surface area (Å²) in [5.74, 6) is 0.708. The lowest BCUT2D eigenvalue weighted by atomic mass is 9.87. The third-order valence-electron chi connectivity index (χ3n) is 3.57.